The smallest absolute Gasteiger partial charge is 0.309 e. The number of nitrogens with zero attached hydrogens (tertiary/aromatic N) is 1. The molecule has 1 aromatic rings. The van der Waals surface area contributed by atoms with Crippen LogP contribution in [0.2, 0.25) is 0 Å². The lowest BCUT2D eigenvalue weighted by molar-refractivity contribution is -0.141. The predicted molar refractivity (Wildman–Crippen MR) is 62.9 cm³/mol. The number of hydrogen-bond acceptors (Lipinski definition) is 1. The molecule has 1 rings (SSSR count). The quantitative estimate of drug-likeness (QED) is 0.753. The molecule has 0 fully saturated rings. The fourth-order valence-electron chi connectivity index (χ4n) is 1.87. The third kappa shape index (κ3) is 3.89. The van der Waals surface area contributed by atoms with Crippen molar-refractivity contribution < 1.29 is 22.0 Å². The lowest BCUT2D eigenvalue weighted by Crippen LogP contribution is -2.18. The van der Waals surface area contributed by atoms with Crippen molar-refractivity contribution in [1.29, 1.82) is 0 Å². The highest BCUT2D eigenvalue weighted by molar-refractivity contribution is 5.34. The van der Waals surface area contributed by atoms with Gasteiger partial charge in [-0.1, -0.05) is 13.0 Å². The molecule has 1 atom stereocenters. The average Bonchev–Trinajstić information content (AvgIpc) is 2.27. The topological polar surface area (TPSA) is 3.24 Å². The van der Waals surface area contributed by atoms with Crippen molar-refractivity contribution in [3.05, 3.63) is 34.9 Å². The van der Waals surface area contributed by atoms with Gasteiger partial charge in [0.15, 0.2) is 11.6 Å². The van der Waals surface area contributed by atoms with E-state index in [4.69, 9.17) is 0 Å². The predicted octanol–water partition coefficient (Wildman–Crippen LogP) is 4.04. The fourth-order valence-corrected chi connectivity index (χ4v) is 1.87. The molecule has 0 saturated heterocycles. The van der Waals surface area contributed by atoms with Gasteiger partial charge >= 0.3 is 6.18 Å². The minimum atomic E-state index is -4.89. The number of hydrogen-bond donors (Lipinski definition) is 0. The Morgan fingerprint density at radius 1 is 1.16 bits per heavy atom. The van der Waals surface area contributed by atoms with Crippen molar-refractivity contribution in [2.75, 3.05) is 20.6 Å². The Hall–Kier alpha value is -1.17. The number of rotatable bonds is 4. The first-order valence-corrected chi connectivity index (χ1v) is 5.84. The largest absolute Gasteiger partial charge is 0.419 e. The lowest BCUT2D eigenvalue weighted by atomic mass is 9.92. The third-order valence-corrected chi connectivity index (χ3v) is 2.95. The summed E-state index contributed by atoms with van der Waals surface area (Å²) in [5.41, 5.74) is -1.69. The van der Waals surface area contributed by atoms with Crippen molar-refractivity contribution in [2.45, 2.75) is 25.4 Å². The van der Waals surface area contributed by atoms with E-state index in [9.17, 15) is 22.0 Å². The number of benzene rings is 1. The highest BCUT2D eigenvalue weighted by atomic mass is 19.4. The average molecular weight is 281 g/mol. The van der Waals surface area contributed by atoms with Crippen molar-refractivity contribution in [1.82, 2.24) is 4.90 Å². The van der Waals surface area contributed by atoms with Gasteiger partial charge in [0.25, 0.3) is 0 Å². The van der Waals surface area contributed by atoms with Crippen LogP contribution in [0.1, 0.15) is 30.4 Å². The third-order valence-electron chi connectivity index (χ3n) is 2.95. The molecule has 0 radical (unpaired) electrons. The second-order valence-electron chi connectivity index (χ2n) is 4.82. The van der Waals surface area contributed by atoms with Crippen molar-refractivity contribution in [3.63, 3.8) is 0 Å². The molecule has 1 unspecified atom stereocenters. The summed E-state index contributed by atoms with van der Waals surface area (Å²) < 4.78 is 64.9. The first-order chi connectivity index (χ1) is 8.64. The van der Waals surface area contributed by atoms with Gasteiger partial charge < -0.3 is 4.90 Å². The molecule has 1 aromatic carbocycles. The molecular weight excluding hydrogens is 265 g/mol. The maximum atomic E-state index is 13.4. The lowest BCUT2D eigenvalue weighted by Gasteiger charge is -2.20. The van der Waals surface area contributed by atoms with Crippen LogP contribution in [0.25, 0.3) is 0 Å². The monoisotopic (exact) mass is 281 g/mol. The van der Waals surface area contributed by atoms with Gasteiger partial charge in [-0.3, -0.25) is 0 Å². The maximum absolute atomic E-state index is 13.4. The molecule has 0 aliphatic rings. The molecule has 0 bridgehead atoms. The van der Waals surface area contributed by atoms with Gasteiger partial charge in [-0.15, -0.1) is 0 Å². The van der Waals surface area contributed by atoms with Gasteiger partial charge in [0.05, 0.1) is 5.56 Å². The van der Waals surface area contributed by atoms with Gasteiger partial charge in [0.2, 0.25) is 0 Å². The van der Waals surface area contributed by atoms with E-state index in [-0.39, 0.29) is 5.56 Å². The Labute approximate surface area is 109 Å². The van der Waals surface area contributed by atoms with Crippen LogP contribution in [0.4, 0.5) is 22.0 Å². The van der Waals surface area contributed by atoms with Gasteiger partial charge in [-0.2, -0.15) is 13.2 Å². The van der Waals surface area contributed by atoms with Gasteiger partial charge in [-0.05, 0) is 44.6 Å². The summed E-state index contributed by atoms with van der Waals surface area (Å²) in [6, 6.07) is 1.76. The normalized spacial score (nSPS) is 13.9. The Morgan fingerprint density at radius 2 is 1.74 bits per heavy atom. The molecule has 0 saturated carbocycles. The van der Waals surface area contributed by atoms with E-state index in [1.165, 1.54) is 0 Å². The molecule has 0 N–H and O–H groups in total. The van der Waals surface area contributed by atoms with E-state index in [2.05, 4.69) is 0 Å². The van der Waals surface area contributed by atoms with Crippen LogP contribution in [0.5, 0.6) is 0 Å². The molecular formula is C13H16F5N. The van der Waals surface area contributed by atoms with E-state index in [1.54, 1.807) is 21.0 Å². The summed E-state index contributed by atoms with van der Waals surface area (Å²) in [5.74, 6) is -3.80. The van der Waals surface area contributed by atoms with Crippen LogP contribution in [0.15, 0.2) is 12.1 Å². The Morgan fingerprint density at radius 3 is 2.21 bits per heavy atom. The van der Waals surface area contributed by atoms with E-state index >= 15 is 0 Å². The molecule has 19 heavy (non-hydrogen) atoms. The summed E-state index contributed by atoms with van der Waals surface area (Å²) >= 11 is 0. The van der Waals surface area contributed by atoms with Crippen molar-refractivity contribution in [2.24, 2.45) is 0 Å². The summed E-state index contributed by atoms with van der Waals surface area (Å²) in [4.78, 5) is 1.82. The van der Waals surface area contributed by atoms with E-state index < -0.39 is 29.3 Å². The van der Waals surface area contributed by atoms with Crippen LogP contribution in [-0.2, 0) is 6.18 Å². The Balaban J connectivity index is 3.17. The zero-order valence-electron chi connectivity index (χ0n) is 11.0. The van der Waals surface area contributed by atoms with Crippen molar-refractivity contribution >= 4 is 0 Å². The SMILES string of the molecule is CC(CCN(C)C)c1ccc(F)c(F)c1C(F)(F)F. The zero-order chi connectivity index (χ0) is 14.8. The molecule has 0 spiro atoms. The maximum Gasteiger partial charge on any atom is 0.419 e. The fraction of sp³-hybridized carbons (Fsp3) is 0.538. The minimum Gasteiger partial charge on any atom is -0.309 e. The summed E-state index contributed by atoms with van der Waals surface area (Å²) in [5, 5.41) is 0. The summed E-state index contributed by atoms with van der Waals surface area (Å²) in [7, 11) is 3.59. The first kappa shape index (κ1) is 15.9. The van der Waals surface area contributed by atoms with E-state index in [0.29, 0.717) is 13.0 Å². The second kappa shape index (κ2) is 5.86. The van der Waals surface area contributed by atoms with Crippen LogP contribution in [0, 0.1) is 11.6 Å². The van der Waals surface area contributed by atoms with Gasteiger partial charge in [0.1, 0.15) is 0 Å². The van der Waals surface area contributed by atoms with Crippen LogP contribution >= 0.6 is 0 Å². The molecule has 0 amide bonds. The molecule has 0 aliphatic carbocycles. The molecule has 6 heteroatoms. The van der Waals surface area contributed by atoms with Crippen molar-refractivity contribution in [3.8, 4) is 0 Å². The number of halogens is 5. The Kier molecular flexibility index (Phi) is 4.90. The summed E-state index contributed by atoms with van der Waals surface area (Å²) in [6.07, 6.45) is -4.46. The second-order valence-corrected chi connectivity index (χ2v) is 4.82. The standard InChI is InChI=1S/C13H16F5N/c1-8(6-7-19(2)3)9-4-5-10(14)12(15)11(9)13(16,17)18/h4-5,8H,6-7H2,1-3H3. The molecule has 0 heterocycles. The van der Waals surface area contributed by atoms with Crippen LogP contribution < -0.4 is 0 Å². The van der Waals surface area contributed by atoms with Gasteiger partial charge in [-0.25, -0.2) is 8.78 Å². The molecule has 108 valence electrons. The molecule has 1 nitrogen and oxygen atoms in total. The Bertz CT molecular complexity index is 439. The molecule has 0 aliphatic heterocycles. The minimum absolute atomic E-state index is 0.201. The number of alkyl halides is 3. The van der Waals surface area contributed by atoms with Crippen LogP contribution in [-0.4, -0.2) is 25.5 Å². The first-order valence-electron chi connectivity index (χ1n) is 5.84. The highest BCUT2D eigenvalue weighted by Crippen LogP contribution is 2.38. The zero-order valence-corrected chi connectivity index (χ0v) is 11.0. The highest BCUT2D eigenvalue weighted by Gasteiger charge is 2.39. The van der Waals surface area contributed by atoms with E-state index in [0.717, 1.165) is 12.1 Å². The molecule has 0 aromatic heterocycles. The summed E-state index contributed by atoms with van der Waals surface area (Å²) in [6.45, 7) is 2.14. The van der Waals surface area contributed by atoms with Gasteiger partial charge in [0, 0.05) is 0 Å². The van der Waals surface area contributed by atoms with Crippen LogP contribution in [0.3, 0.4) is 0 Å². The van der Waals surface area contributed by atoms with E-state index in [1.807, 2.05) is 4.90 Å².